The fourth-order valence-corrected chi connectivity index (χ4v) is 1.76. The van der Waals surface area contributed by atoms with Gasteiger partial charge in [0, 0.05) is 7.05 Å². The highest BCUT2D eigenvalue weighted by atomic mass is 19.4. The minimum absolute atomic E-state index is 0.118. The first-order chi connectivity index (χ1) is 7.27. The van der Waals surface area contributed by atoms with Crippen LogP contribution >= 0.6 is 0 Å². The molecule has 1 fully saturated rings. The Kier molecular flexibility index (Phi) is 2.05. The smallest absolute Gasteiger partial charge is 0.435 e. The van der Waals surface area contributed by atoms with E-state index in [1.54, 1.807) is 0 Å². The fourth-order valence-electron chi connectivity index (χ4n) is 1.76. The number of hydrogen-bond donors (Lipinski definition) is 1. The first kappa shape index (κ1) is 11.0. The van der Waals surface area contributed by atoms with E-state index in [1.165, 1.54) is 7.05 Å². The maximum absolute atomic E-state index is 12.4. The summed E-state index contributed by atoms with van der Waals surface area (Å²) in [6.45, 7) is 0. The number of carboxylic acids is 1. The first-order valence-corrected chi connectivity index (χ1v) is 4.62. The Morgan fingerprint density at radius 2 is 2.12 bits per heavy atom. The molecule has 0 aliphatic heterocycles. The highest BCUT2D eigenvalue weighted by molar-refractivity contribution is 5.84. The molecule has 0 amide bonds. The Hall–Kier alpha value is -1.53. The standard InChI is InChI=1S/C9H9F3N2O2/c1-14-6(8(2-3-8)7(15)16)4-5(13-14)9(10,11)12/h4H,2-3H2,1H3,(H,15,16). The number of nitrogens with zero attached hydrogens (tertiary/aromatic N) is 2. The van der Waals surface area contributed by atoms with Gasteiger partial charge in [-0.2, -0.15) is 18.3 Å². The van der Waals surface area contributed by atoms with E-state index in [4.69, 9.17) is 5.11 Å². The summed E-state index contributed by atoms with van der Waals surface area (Å²) in [5.74, 6) is -1.09. The number of aromatic nitrogens is 2. The van der Waals surface area contributed by atoms with Gasteiger partial charge < -0.3 is 5.11 Å². The van der Waals surface area contributed by atoms with Crippen molar-refractivity contribution >= 4 is 5.97 Å². The Bertz CT molecular complexity index is 446. The summed E-state index contributed by atoms with van der Waals surface area (Å²) in [5, 5.41) is 12.3. The van der Waals surface area contributed by atoms with E-state index in [1.807, 2.05) is 0 Å². The van der Waals surface area contributed by atoms with Crippen molar-refractivity contribution in [2.45, 2.75) is 24.4 Å². The van der Waals surface area contributed by atoms with Crippen LogP contribution < -0.4 is 0 Å². The SMILES string of the molecule is Cn1nc(C(F)(F)F)cc1C1(C(=O)O)CC1. The van der Waals surface area contributed by atoms with Crippen molar-refractivity contribution in [3.8, 4) is 0 Å². The van der Waals surface area contributed by atoms with Crippen molar-refractivity contribution in [3.05, 3.63) is 17.5 Å². The summed E-state index contributed by atoms with van der Waals surface area (Å²) >= 11 is 0. The van der Waals surface area contributed by atoms with Crippen molar-refractivity contribution in [3.63, 3.8) is 0 Å². The number of carbonyl (C=O) groups is 1. The summed E-state index contributed by atoms with van der Waals surface area (Å²) < 4.78 is 38.1. The number of halogens is 3. The number of carboxylic acid groups (broad SMARTS) is 1. The average molecular weight is 234 g/mol. The number of aryl methyl sites for hydroxylation is 1. The highest BCUT2D eigenvalue weighted by Crippen LogP contribution is 2.49. The molecule has 7 heteroatoms. The summed E-state index contributed by atoms with van der Waals surface area (Å²) in [4.78, 5) is 11.0. The Morgan fingerprint density at radius 3 is 2.44 bits per heavy atom. The maximum Gasteiger partial charge on any atom is 0.435 e. The van der Waals surface area contributed by atoms with Crippen LogP contribution in [0.3, 0.4) is 0 Å². The molecule has 16 heavy (non-hydrogen) atoms. The van der Waals surface area contributed by atoms with Crippen molar-refractivity contribution < 1.29 is 23.1 Å². The molecule has 0 atom stereocenters. The van der Waals surface area contributed by atoms with E-state index in [9.17, 15) is 18.0 Å². The van der Waals surface area contributed by atoms with Gasteiger partial charge in [0.25, 0.3) is 0 Å². The number of rotatable bonds is 2. The third-order valence-electron chi connectivity index (χ3n) is 2.82. The number of alkyl halides is 3. The Morgan fingerprint density at radius 1 is 1.56 bits per heavy atom. The van der Waals surface area contributed by atoms with Crippen LogP contribution in [0.2, 0.25) is 0 Å². The largest absolute Gasteiger partial charge is 0.481 e. The van der Waals surface area contributed by atoms with Crippen LogP contribution in [0.5, 0.6) is 0 Å². The Labute approximate surface area is 88.7 Å². The van der Waals surface area contributed by atoms with Gasteiger partial charge in [-0.25, -0.2) is 0 Å². The van der Waals surface area contributed by atoms with Crippen molar-refractivity contribution in [1.82, 2.24) is 9.78 Å². The van der Waals surface area contributed by atoms with Gasteiger partial charge in [0.2, 0.25) is 0 Å². The van der Waals surface area contributed by atoms with Crippen molar-refractivity contribution in [1.29, 1.82) is 0 Å². The summed E-state index contributed by atoms with van der Waals surface area (Å²) in [5.41, 5.74) is -2.09. The van der Waals surface area contributed by atoms with Crippen molar-refractivity contribution in [2.75, 3.05) is 0 Å². The van der Waals surface area contributed by atoms with Crippen LogP contribution in [0.15, 0.2) is 6.07 Å². The average Bonchev–Trinajstić information content (AvgIpc) is 2.84. The van der Waals surface area contributed by atoms with E-state index >= 15 is 0 Å². The summed E-state index contributed by atoms with van der Waals surface area (Å²) in [6.07, 6.45) is -3.82. The molecule has 0 unspecified atom stereocenters. The van der Waals surface area contributed by atoms with Gasteiger partial charge >= 0.3 is 12.1 Å². The minimum Gasteiger partial charge on any atom is -0.481 e. The molecule has 0 bridgehead atoms. The molecule has 1 aromatic heterocycles. The minimum atomic E-state index is -4.54. The third-order valence-corrected chi connectivity index (χ3v) is 2.82. The topological polar surface area (TPSA) is 55.1 Å². The second kappa shape index (κ2) is 2.99. The van der Waals surface area contributed by atoms with E-state index in [-0.39, 0.29) is 5.69 Å². The zero-order valence-electron chi connectivity index (χ0n) is 8.38. The van der Waals surface area contributed by atoms with Crippen LogP contribution in [0.1, 0.15) is 24.2 Å². The van der Waals surface area contributed by atoms with E-state index in [2.05, 4.69) is 5.10 Å². The quantitative estimate of drug-likeness (QED) is 0.844. The molecule has 4 nitrogen and oxygen atoms in total. The predicted octanol–water partition coefficient (Wildman–Crippen LogP) is 1.56. The van der Waals surface area contributed by atoms with Gasteiger partial charge in [-0.15, -0.1) is 0 Å². The molecule has 2 rings (SSSR count). The lowest BCUT2D eigenvalue weighted by Gasteiger charge is -2.08. The lowest BCUT2D eigenvalue weighted by molar-refractivity contribution is -0.142. The van der Waals surface area contributed by atoms with Crippen LogP contribution in [-0.2, 0) is 23.4 Å². The molecular weight excluding hydrogens is 225 g/mol. The maximum atomic E-state index is 12.4. The van der Waals surface area contributed by atoms with Gasteiger partial charge in [-0.05, 0) is 18.9 Å². The molecule has 0 aromatic carbocycles. The van der Waals surface area contributed by atoms with E-state index < -0.39 is 23.3 Å². The second-order valence-electron chi connectivity index (χ2n) is 3.92. The predicted molar refractivity (Wildman–Crippen MR) is 46.8 cm³/mol. The zero-order chi connectivity index (χ0) is 12.1. The Balaban J connectivity index is 2.44. The lowest BCUT2D eigenvalue weighted by atomic mass is 10.0. The molecular formula is C9H9F3N2O2. The molecule has 1 aliphatic rings. The van der Waals surface area contributed by atoms with Crippen LogP contribution in [0.4, 0.5) is 13.2 Å². The third kappa shape index (κ3) is 1.46. The summed E-state index contributed by atoms with van der Waals surface area (Å²) in [6, 6.07) is 0.821. The number of aliphatic carboxylic acids is 1. The van der Waals surface area contributed by atoms with Gasteiger partial charge in [0.1, 0.15) is 5.41 Å². The number of hydrogen-bond acceptors (Lipinski definition) is 2. The van der Waals surface area contributed by atoms with Crippen LogP contribution in [0.25, 0.3) is 0 Å². The molecule has 88 valence electrons. The molecule has 1 aromatic rings. The molecule has 0 radical (unpaired) electrons. The normalized spacial score (nSPS) is 18.5. The lowest BCUT2D eigenvalue weighted by Crippen LogP contribution is -2.22. The van der Waals surface area contributed by atoms with E-state index in [0.29, 0.717) is 12.8 Å². The molecule has 1 saturated carbocycles. The van der Waals surface area contributed by atoms with Crippen LogP contribution in [0, 0.1) is 0 Å². The van der Waals surface area contributed by atoms with Gasteiger partial charge in [-0.3, -0.25) is 9.48 Å². The highest BCUT2D eigenvalue weighted by Gasteiger charge is 2.54. The molecule has 0 saturated heterocycles. The molecule has 1 aliphatic carbocycles. The molecule has 0 spiro atoms. The van der Waals surface area contributed by atoms with Gasteiger partial charge in [0.15, 0.2) is 5.69 Å². The van der Waals surface area contributed by atoms with Crippen LogP contribution in [-0.4, -0.2) is 20.9 Å². The molecule has 1 heterocycles. The zero-order valence-corrected chi connectivity index (χ0v) is 8.38. The first-order valence-electron chi connectivity index (χ1n) is 4.62. The van der Waals surface area contributed by atoms with Gasteiger partial charge in [0.05, 0.1) is 5.69 Å². The van der Waals surface area contributed by atoms with Gasteiger partial charge in [-0.1, -0.05) is 0 Å². The fraction of sp³-hybridized carbons (Fsp3) is 0.556. The monoisotopic (exact) mass is 234 g/mol. The molecule has 1 N–H and O–H groups in total. The van der Waals surface area contributed by atoms with E-state index in [0.717, 1.165) is 10.7 Å². The summed E-state index contributed by atoms with van der Waals surface area (Å²) in [7, 11) is 1.33. The second-order valence-corrected chi connectivity index (χ2v) is 3.92. The van der Waals surface area contributed by atoms with Crippen molar-refractivity contribution in [2.24, 2.45) is 7.05 Å².